The minimum atomic E-state index is -0.365. The predicted octanol–water partition coefficient (Wildman–Crippen LogP) is 1.57. The molecule has 0 heterocycles. The molecule has 0 radical (unpaired) electrons. The molecule has 1 fully saturated rings. The van der Waals surface area contributed by atoms with E-state index in [0.717, 1.165) is 19.3 Å². The van der Waals surface area contributed by atoms with Crippen LogP contribution in [-0.4, -0.2) is 25.2 Å². The highest BCUT2D eigenvalue weighted by Gasteiger charge is 2.42. The van der Waals surface area contributed by atoms with E-state index in [1.807, 2.05) is 6.92 Å². The molecular formula is C8H15NO2. The highest BCUT2D eigenvalue weighted by Crippen LogP contribution is 2.36. The standard InChI is InChI=1S/C8H15NO2/c1-3-11-7(9)8(10-2)5-4-6-8/h9H,3-6H2,1-2H3. The summed E-state index contributed by atoms with van der Waals surface area (Å²) in [6, 6.07) is 0. The van der Waals surface area contributed by atoms with Crippen LogP contribution in [-0.2, 0) is 9.47 Å². The lowest BCUT2D eigenvalue weighted by molar-refractivity contribution is -0.0315. The van der Waals surface area contributed by atoms with Crippen molar-refractivity contribution in [2.45, 2.75) is 31.8 Å². The second kappa shape index (κ2) is 3.22. The lowest BCUT2D eigenvalue weighted by atomic mass is 9.80. The van der Waals surface area contributed by atoms with Crippen molar-refractivity contribution in [1.82, 2.24) is 0 Å². The van der Waals surface area contributed by atoms with Gasteiger partial charge in [0.1, 0.15) is 5.60 Å². The molecule has 0 atom stereocenters. The average molecular weight is 157 g/mol. The zero-order valence-corrected chi connectivity index (χ0v) is 7.14. The van der Waals surface area contributed by atoms with Gasteiger partial charge in [0.25, 0.3) is 0 Å². The molecule has 11 heavy (non-hydrogen) atoms. The van der Waals surface area contributed by atoms with E-state index in [0.29, 0.717) is 12.5 Å². The van der Waals surface area contributed by atoms with E-state index in [9.17, 15) is 0 Å². The Bertz CT molecular complexity index is 147. The minimum absolute atomic E-state index is 0.300. The van der Waals surface area contributed by atoms with Gasteiger partial charge >= 0.3 is 0 Å². The van der Waals surface area contributed by atoms with E-state index < -0.39 is 0 Å². The van der Waals surface area contributed by atoms with E-state index in [2.05, 4.69) is 0 Å². The Balaban J connectivity index is 2.47. The van der Waals surface area contributed by atoms with E-state index in [4.69, 9.17) is 14.9 Å². The Morgan fingerprint density at radius 1 is 1.55 bits per heavy atom. The van der Waals surface area contributed by atoms with Crippen molar-refractivity contribution in [3.8, 4) is 0 Å². The van der Waals surface area contributed by atoms with Gasteiger partial charge in [-0.2, -0.15) is 0 Å². The van der Waals surface area contributed by atoms with Crippen LogP contribution in [0, 0.1) is 5.41 Å². The van der Waals surface area contributed by atoms with Crippen molar-refractivity contribution in [1.29, 1.82) is 5.41 Å². The smallest absolute Gasteiger partial charge is 0.213 e. The monoisotopic (exact) mass is 157 g/mol. The topological polar surface area (TPSA) is 42.3 Å². The Morgan fingerprint density at radius 3 is 2.45 bits per heavy atom. The highest BCUT2D eigenvalue weighted by atomic mass is 16.5. The van der Waals surface area contributed by atoms with Crippen molar-refractivity contribution in [2.24, 2.45) is 0 Å². The maximum Gasteiger partial charge on any atom is 0.213 e. The first-order chi connectivity index (χ1) is 5.25. The summed E-state index contributed by atoms with van der Waals surface area (Å²) >= 11 is 0. The van der Waals surface area contributed by atoms with Crippen LogP contribution in [0.2, 0.25) is 0 Å². The van der Waals surface area contributed by atoms with Crippen molar-refractivity contribution in [3.63, 3.8) is 0 Å². The number of rotatable bonds is 3. The zero-order chi connectivity index (χ0) is 8.32. The van der Waals surface area contributed by atoms with E-state index in [1.165, 1.54) is 0 Å². The molecule has 3 nitrogen and oxygen atoms in total. The van der Waals surface area contributed by atoms with Gasteiger partial charge in [-0.15, -0.1) is 0 Å². The van der Waals surface area contributed by atoms with Gasteiger partial charge in [-0.1, -0.05) is 0 Å². The molecule has 0 spiro atoms. The second-order valence-electron chi connectivity index (χ2n) is 2.81. The van der Waals surface area contributed by atoms with Gasteiger partial charge < -0.3 is 9.47 Å². The van der Waals surface area contributed by atoms with E-state index >= 15 is 0 Å². The van der Waals surface area contributed by atoms with Crippen molar-refractivity contribution in [3.05, 3.63) is 0 Å². The molecule has 0 saturated heterocycles. The van der Waals surface area contributed by atoms with Gasteiger partial charge in [-0.3, -0.25) is 5.41 Å². The third kappa shape index (κ3) is 1.38. The molecule has 1 N–H and O–H groups in total. The normalized spacial score (nSPS) is 20.5. The van der Waals surface area contributed by atoms with Gasteiger partial charge in [-0.25, -0.2) is 0 Å². The number of hydrogen-bond donors (Lipinski definition) is 1. The largest absolute Gasteiger partial charge is 0.479 e. The summed E-state index contributed by atoms with van der Waals surface area (Å²) in [6.45, 7) is 2.44. The lowest BCUT2D eigenvalue weighted by Gasteiger charge is -2.39. The molecule has 0 aromatic heterocycles. The summed E-state index contributed by atoms with van der Waals surface area (Å²) in [5.74, 6) is 0.300. The zero-order valence-electron chi connectivity index (χ0n) is 7.14. The quantitative estimate of drug-likeness (QED) is 0.499. The van der Waals surface area contributed by atoms with Crippen LogP contribution in [0.1, 0.15) is 26.2 Å². The third-order valence-corrected chi connectivity index (χ3v) is 2.25. The lowest BCUT2D eigenvalue weighted by Crippen LogP contribution is -2.47. The summed E-state index contributed by atoms with van der Waals surface area (Å²) in [6.07, 6.45) is 3.01. The summed E-state index contributed by atoms with van der Waals surface area (Å²) in [5.41, 5.74) is -0.365. The Hall–Kier alpha value is -0.570. The average Bonchev–Trinajstić information content (AvgIpc) is 1.87. The summed E-state index contributed by atoms with van der Waals surface area (Å²) < 4.78 is 10.3. The molecular weight excluding hydrogens is 142 g/mol. The van der Waals surface area contributed by atoms with Crippen molar-refractivity contribution >= 4 is 5.90 Å². The first kappa shape index (κ1) is 8.53. The van der Waals surface area contributed by atoms with E-state index in [1.54, 1.807) is 7.11 Å². The fraction of sp³-hybridized carbons (Fsp3) is 0.875. The van der Waals surface area contributed by atoms with Gasteiger partial charge in [0.05, 0.1) is 6.61 Å². The molecule has 3 heteroatoms. The van der Waals surface area contributed by atoms with Crippen molar-refractivity contribution in [2.75, 3.05) is 13.7 Å². The highest BCUT2D eigenvalue weighted by molar-refractivity contribution is 5.83. The number of ether oxygens (including phenoxy) is 2. The first-order valence-corrected chi connectivity index (χ1v) is 4.02. The van der Waals surface area contributed by atoms with Crippen LogP contribution in [0.25, 0.3) is 0 Å². The first-order valence-electron chi connectivity index (χ1n) is 4.02. The SMILES string of the molecule is CCOC(=N)C1(OC)CCC1. The van der Waals surface area contributed by atoms with Gasteiger partial charge in [0.2, 0.25) is 5.90 Å². The van der Waals surface area contributed by atoms with Crippen LogP contribution >= 0.6 is 0 Å². The van der Waals surface area contributed by atoms with Gasteiger partial charge in [0.15, 0.2) is 0 Å². The molecule has 0 aromatic carbocycles. The fourth-order valence-electron chi connectivity index (χ4n) is 1.30. The maximum atomic E-state index is 7.55. The number of hydrogen-bond acceptors (Lipinski definition) is 3. The van der Waals surface area contributed by atoms with Crippen LogP contribution < -0.4 is 0 Å². The molecule has 0 amide bonds. The minimum Gasteiger partial charge on any atom is -0.479 e. The van der Waals surface area contributed by atoms with Gasteiger partial charge in [-0.05, 0) is 26.2 Å². The Labute approximate surface area is 67.2 Å². The molecule has 1 aliphatic rings. The predicted molar refractivity (Wildman–Crippen MR) is 42.9 cm³/mol. The summed E-state index contributed by atoms with van der Waals surface area (Å²) in [4.78, 5) is 0. The van der Waals surface area contributed by atoms with Crippen LogP contribution in [0.3, 0.4) is 0 Å². The van der Waals surface area contributed by atoms with Crippen molar-refractivity contribution < 1.29 is 9.47 Å². The Morgan fingerprint density at radius 2 is 2.18 bits per heavy atom. The molecule has 0 aliphatic heterocycles. The van der Waals surface area contributed by atoms with Gasteiger partial charge in [0, 0.05) is 7.11 Å². The van der Waals surface area contributed by atoms with E-state index in [-0.39, 0.29) is 5.60 Å². The third-order valence-electron chi connectivity index (χ3n) is 2.25. The molecule has 1 rings (SSSR count). The molecule has 64 valence electrons. The summed E-state index contributed by atoms with van der Waals surface area (Å²) in [5, 5.41) is 7.55. The number of methoxy groups -OCH3 is 1. The summed E-state index contributed by atoms with van der Waals surface area (Å²) in [7, 11) is 1.65. The second-order valence-corrected chi connectivity index (χ2v) is 2.81. The number of nitrogens with one attached hydrogen (secondary N) is 1. The van der Waals surface area contributed by atoms with Crippen LogP contribution in [0.4, 0.5) is 0 Å². The fourth-order valence-corrected chi connectivity index (χ4v) is 1.30. The molecule has 0 unspecified atom stereocenters. The molecule has 0 aromatic rings. The van der Waals surface area contributed by atoms with Crippen LogP contribution in [0.15, 0.2) is 0 Å². The molecule has 1 aliphatic carbocycles. The van der Waals surface area contributed by atoms with Crippen LogP contribution in [0.5, 0.6) is 0 Å². The Kier molecular flexibility index (Phi) is 2.49. The molecule has 0 bridgehead atoms. The molecule has 1 saturated carbocycles. The maximum absolute atomic E-state index is 7.55.